The van der Waals surface area contributed by atoms with Crippen molar-refractivity contribution in [3.05, 3.63) is 36.0 Å². The van der Waals surface area contributed by atoms with E-state index >= 15 is 0 Å². The fraction of sp³-hybridized carbons (Fsp3) is 0.607. The Kier molecular flexibility index (Phi) is 5.99. The minimum absolute atomic E-state index is 0.0681. The molecule has 0 radical (unpaired) electrons. The van der Waals surface area contributed by atoms with Gasteiger partial charge in [-0.3, -0.25) is 14.6 Å². The normalized spacial score (nSPS) is 31.7. The number of amides is 2. The van der Waals surface area contributed by atoms with Crippen LogP contribution in [-0.2, 0) is 14.1 Å². The number of hydrogen-bond donors (Lipinski definition) is 1. The topological polar surface area (TPSA) is 90.0 Å². The molecule has 1 aromatic carbocycles. The van der Waals surface area contributed by atoms with Gasteiger partial charge in [0.05, 0.1) is 41.9 Å². The van der Waals surface area contributed by atoms with Gasteiger partial charge in [0.2, 0.25) is 5.91 Å². The fourth-order valence-corrected chi connectivity index (χ4v) is 7.38. The van der Waals surface area contributed by atoms with Gasteiger partial charge < -0.3 is 24.3 Å². The van der Waals surface area contributed by atoms with Crippen molar-refractivity contribution < 1.29 is 23.6 Å². The number of pyridine rings is 1. The van der Waals surface area contributed by atoms with Crippen molar-refractivity contribution in [2.45, 2.75) is 71.0 Å². The summed E-state index contributed by atoms with van der Waals surface area (Å²) >= 11 is 0. The van der Waals surface area contributed by atoms with Crippen molar-refractivity contribution in [3.63, 3.8) is 0 Å². The van der Waals surface area contributed by atoms with Crippen LogP contribution < -0.4 is 10.1 Å². The lowest BCUT2D eigenvalue weighted by Gasteiger charge is -2.64. The van der Waals surface area contributed by atoms with Gasteiger partial charge >= 0.3 is 7.12 Å². The van der Waals surface area contributed by atoms with Crippen molar-refractivity contribution in [3.8, 4) is 5.75 Å². The molecular formula is C28H36BN3O5. The molecular weight excluding hydrogens is 469 g/mol. The number of nitrogens with one attached hydrogen (secondary N) is 1. The van der Waals surface area contributed by atoms with Gasteiger partial charge in [-0.2, -0.15) is 0 Å². The van der Waals surface area contributed by atoms with Crippen LogP contribution in [0.5, 0.6) is 5.75 Å². The number of benzene rings is 1. The summed E-state index contributed by atoms with van der Waals surface area (Å²) < 4.78 is 18.7. The van der Waals surface area contributed by atoms with Crippen molar-refractivity contribution in [2.75, 3.05) is 19.7 Å². The molecule has 5 unspecified atom stereocenters. The molecule has 2 aromatic rings. The van der Waals surface area contributed by atoms with E-state index in [2.05, 4.69) is 31.1 Å². The quantitative estimate of drug-likeness (QED) is 0.604. The van der Waals surface area contributed by atoms with Crippen LogP contribution in [0.1, 0.15) is 63.7 Å². The lowest BCUT2D eigenvalue weighted by Crippen LogP contribution is -2.65. The predicted molar refractivity (Wildman–Crippen MR) is 140 cm³/mol. The largest absolute Gasteiger partial charge is 0.494 e. The number of aromatic nitrogens is 1. The Morgan fingerprint density at radius 1 is 1.24 bits per heavy atom. The van der Waals surface area contributed by atoms with Crippen molar-refractivity contribution in [2.24, 2.45) is 17.3 Å². The number of rotatable bonds is 6. The summed E-state index contributed by atoms with van der Waals surface area (Å²) in [6.45, 7) is 9.97. The van der Waals surface area contributed by atoms with Crippen LogP contribution in [0.15, 0.2) is 30.5 Å². The third kappa shape index (κ3) is 3.93. The smallest absolute Gasteiger partial charge is 0.481 e. The standard InChI is InChI=1S/C28H36BN3O5/c1-5-35-18-8-9-19-20(10-11-30-21(19)15-18)26(34)31-16-25(33)32-12-6-7-24(32)29-36-23-14-17-13-22(27(17,2)3)28(23,4)37-29/h8-11,15,17,22-24H,5-7,12-14,16H2,1-4H3,(H,31,34). The monoisotopic (exact) mass is 505 g/mol. The van der Waals surface area contributed by atoms with Gasteiger partial charge in [0.1, 0.15) is 5.75 Å². The summed E-state index contributed by atoms with van der Waals surface area (Å²) in [5, 5.41) is 3.55. The van der Waals surface area contributed by atoms with Gasteiger partial charge in [0, 0.05) is 24.2 Å². The highest BCUT2D eigenvalue weighted by atomic mass is 16.7. The number of hydrogen-bond acceptors (Lipinski definition) is 6. The van der Waals surface area contributed by atoms with Gasteiger partial charge in [-0.05, 0) is 75.0 Å². The van der Waals surface area contributed by atoms with E-state index in [4.69, 9.17) is 14.0 Å². The summed E-state index contributed by atoms with van der Waals surface area (Å²) in [7, 11) is -0.407. The van der Waals surface area contributed by atoms with E-state index in [1.807, 2.05) is 30.0 Å². The molecule has 2 aliphatic heterocycles. The van der Waals surface area contributed by atoms with E-state index in [0.29, 0.717) is 41.8 Å². The van der Waals surface area contributed by atoms with E-state index in [0.717, 1.165) is 24.6 Å². The molecule has 2 bridgehead atoms. The Labute approximate surface area is 218 Å². The molecule has 9 heteroatoms. The average molecular weight is 505 g/mol. The lowest BCUT2D eigenvalue weighted by molar-refractivity contribution is -0.199. The Morgan fingerprint density at radius 3 is 2.86 bits per heavy atom. The minimum Gasteiger partial charge on any atom is -0.494 e. The second-order valence-corrected chi connectivity index (χ2v) is 11.8. The van der Waals surface area contributed by atoms with Gasteiger partial charge in [-0.1, -0.05) is 13.8 Å². The molecule has 8 nitrogen and oxygen atoms in total. The third-order valence-electron chi connectivity index (χ3n) is 9.57. The molecule has 1 N–H and O–H groups in total. The summed E-state index contributed by atoms with van der Waals surface area (Å²) in [5.74, 6) is 1.36. The molecule has 5 aliphatic rings. The Hall–Kier alpha value is -2.65. The van der Waals surface area contributed by atoms with Crippen LogP contribution in [0.2, 0.25) is 0 Å². The summed E-state index contributed by atoms with van der Waals surface area (Å²) in [4.78, 5) is 32.5. The number of likely N-dealkylation sites (tertiary alicyclic amines) is 1. The maximum absolute atomic E-state index is 13.3. The van der Waals surface area contributed by atoms with E-state index in [9.17, 15) is 9.59 Å². The molecule has 5 atom stereocenters. The van der Waals surface area contributed by atoms with Gasteiger partial charge in [-0.15, -0.1) is 0 Å². The van der Waals surface area contributed by atoms with Crippen LogP contribution in [0.25, 0.3) is 10.9 Å². The van der Waals surface area contributed by atoms with E-state index in [1.165, 1.54) is 6.42 Å². The van der Waals surface area contributed by atoms with Gasteiger partial charge in [-0.25, -0.2) is 0 Å². The minimum atomic E-state index is -0.407. The Balaban J connectivity index is 1.11. The number of fused-ring (bicyclic) bond motifs is 1. The zero-order chi connectivity index (χ0) is 25.9. The summed E-state index contributed by atoms with van der Waals surface area (Å²) in [6.07, 6.45) is 5.68. The van der Waals surface area contributed by atoms with E-state index < -0.39 is 7.12 Å². The molecule has 1 aromatic heterocycles. The fourth-order valence-electron chi connectivity index (χ4n) is 7.38. The molecule has 2 amide bonds. The Bertz CT molecular complexity index is 1240. The molecule has 0 spiro atoms. The van der Waals surface area contributed by atoms with Crippen LogP contribution in [0.3, 0.4) is 0 Å². The number of carbonyl (C=O) groups excluding carboxylic acids is 2. The maximum Gasteiger partial charge on any atom is 0.481 e. The SMILES string of the molecule is CCOc1ccc2c(C(=O)NCC(=O)N3CCCC3B3OC4CC5CC(C5(C)C)C4(C)O3)ccnc2c1. The molecule has 3 saturated carbocycles. The van der Waals surface area contributed by atoms with Crippen LogP contribution in [0, 0.1) is 17.3 Å². The first-order valence-corrected chi connectivity index (χ1v) is 13.6. The van der Waals surface area contributed by atoms with Crippen LogP contribution >= 0.6 is 0 Å². The van der Waals surface area contributed by atoms with Gasteiger partial charge in [0.25, 0.3) is 5.91 Å². The zero-order valence-corrected chi connectivity index (χ0v) is 22.2. The first-order chi connectivity index (χ1) is 17.7. The third-order valence-corrected chi connectivity index (χ3v) is 9.57. The second-order valence-electron chi connectivity index (χ2n) is 11.8. The summed E-state index contributed by atoms with van der Waals surface area (Å²) in [5.41, 5.74) is 1.15. The molecule has 3 heterocycles. The number of ether oxygens (including phenoxy) is 1. The highest BCUT2D eigenvalue weighted by Gasteiger charge is 2.69. The molecule has 3 aliphatic carbocycles. The first kappa shape index (κ1) is 24.7. The molecule has 7 rings (SSSR count). The van der Waals surface area contributed by atoms with Crippen molar-refractivity contribution >= 4 is 29.8 Å². The highest BCUT2D eigenvalue weighted by Crippen LogP contribution is 2.65. The molecule has 37 heavy (non-hydrogen) atoms. The van der Waals surface area contributed by atoms with Crippen molar-refractivity contribution in [1.29, 1.82) is 0 Å². The highest BCUT2D eigenvalue weighted by molar-refractivity contribution is 6.48. The van der Waals surface area contributed by atoms with E-state index in [-0.39, 0.29) is 41.4 Å². The van der Waals surface area contributed by atoms with Crippen LogP contribution in [-0.4, -0.2) is 66.2 Å². The van der Waals surface area contributed by atoms with Crippen LogP contribution in [0.4, 0.5) is 0 Å². The first-order valence-electron chi connectivity index (χ1n) is 13.6. The molecule has 5 fully saturated rings. The van der Waals surface area contributed by atoms with Gasteiger partial charge in [0.15, 0.2) is 0 Å². The zero-order valence-electron chi connectivity index (χ0n) is 22.2. The molecule has 196 valence electrons. The number of nitrogens with zero attached hydrogens (tertiary/aromatic N) is 2. The lowest BCUT2D eigenvalue weighted by atomic mass is 9.43. The Morgan fingerprint density at radius 2 is 2.08 bits per heavy atom. The predicted octanol–water partition coefficient (Wildman–Crippen LogP) is 3.62. The maximum atomic E-state index is 13.3. The number of carbonyl (C=O) groups is 2. The second kappa shape index (κ2) is 8.98. The summed E-state index contributed by atoms with van der Waals surface area (Å²) in [6, 6.07) is 7.16. The average Bonchev–Trinajstić information content (AvgIpc) is 3.50. The van der Waals surface area contributed by atoms with Crippen molar-refractivity contribution in [1.82, 2.24) is 15.2 Å². The molecule has 2 saturated heterocycles. The van der Waals surface area contributed by atoms with E-state index in [1.54, 1.807) is 12.3 Å².